The molecule has 1 aromatic carbocycles. The predicted octanol–water partition coefficient (Wildman–Crippen LogP) is 2.13. The van der Waals surface area contributed by atoms with Crippen molar-refractivity contribution in [1.29, 1.82) is 0 Å². The van der Waals surface area contributed by atoms with Gasteiger partial charge in [-0.15, -0.1) is 12.6 Å². The van der Waals surface area contributed by atoms with E-state index >= 15 is 0 Å². The van der Waals surface area contributed by atoms with Crippen molar-refractivity contribution in [3.05, 3.63) is 23.5 Å². The van der Waals surface area contributed by atoms with Crippen LogP contribution in [0.15, 0.2) is 17.0 Å². The monoisotopic (exact) mass is 158 g/mol. The number of hydrogen-bond donors (Lipinski definition) is 2. The standard InChI is InChI=1S/C7H7FOS/c1-4-2-5(10)3-6(8)7(4)9/h2-3,9-10H,1H3. The zero-order valence-electron chi connectivity index (χ0n) is 5.43. The lowest BCUT2D eigenvalue weighted by Crippen LogP contribution is -1.80. The molecule has 0 aliphatic heterocycles. The Balaban J connectivity index is 3.31. The average molecular weight is 158 g/mol. The molecule has 0 bridgehead atoms. The van der Waals surface area contributed by atoms with Crippen LogP contribution in [0.5, 0.6) is 5.75 Å². The summed E-state index contributed by atoms with van der Waals surface area (Å²) < 4.78 is 12.5. The van der Waals surface area contributed by atoms with Crippen molar-refractivity contribution in [2.45, 2.75) is 11.8 Å². The molecule has 0 unspecified atom stereocenters. The van der Waals surface area contributed by atoms with E-state index in [0.717, 1.165) is 0 Å². The summed E-state index contributed by atoms with van der Waals surface area (Å²) in [7, 11) is 0. The largest absolute Gasteiger partial charge is 0.505 e. The molecule has 3 heteroatoms. The van der Waals surface area contributed by atoms with E-state index in [1.807, 2.05) is 0 Å². The highest BCUT2D eigenvalue weighted by Crippen LogP contribution is 2.23. The topological polar surface area (TPSA) is 20.2 Å². The van der Waals surface area contributed by atoms with Crippen LogP contribution in [0.4, 0.5) is 4.39 Å². The van der Waals surface area contributed by atoms with E-state index in [0.29, 0.717) is 10.5 Å². The van der Waals surface area contributed by atoms with Gasteiger partial charge < -0.3 is 5.11 Å². The van der Waals surface area contributed by atoms with Crippen molar-refractivity contribution in [2.75, 3.05) is 0 Å². The van der Waals surface area contributed by atoms with Crippen LogP contribution in [0.1, 0.15) is 5.56 Å². The van der Waals surface area contributed by atoms with Crippen LogP contribution in [0, 0.1) is 12.7 Å². The number of aryl methyl sites for hydroxylation is 1. The molecule has 0 saturated carbocycles. The van der Waals surface area contributed by atoms with E-state index in [-0.39, 0.29) is 5.75 Å². The molecule has 0 spiro atoms. The van der Waals surface area contributed by atoms with E-state index in [1.54, 1.807) is 13.0 Å². The van der Waals surface area contributed by atoms with E-state index in [9.17, 15) is 4.39 Å². The maximum absolute atomic E-state index is 12.5. The zero-order valence-corrected chi connectivity index (χ0v) is 6.32. The number of thiol groups is 1. The Bertz CT molecular complexity index is 237. The van der Waals surface area contributed by atoms with Crippen molar-refractivity contribution in [3.63, 3.8) is 0 Å². The zero-order chi connectivity index (χ0) is 7.72. The summed E-state index contributed by atoms with van der Waals surface area (Å²) >= 11 is 3.92. The lowest BCUT2D eigenvalue weighted by Gasteiger charge is -1.99. The summed E-state index contributed by atoms with van der Waals surface area (Å²) in [4.78, 5) is 0.521. The molecule has 0 aromatic heterocycles. The first-order chi connectivity index (χ1) is 4.61. The fourth-order valence-electron chi connectivity index (χ4n) is 0.718. The van der Waals surface area contributed by atoms with Gasteiger partial charge in [0.2, 0.25) is 0 Å². The smallest absolute Gasteiger partial charge is 0.166 e. The molecule has 0 radical (unpaired) electrons. The molecule has 0 aliphatic rings. The van der Waals surface area contributed by atoms with Crippen LogP contribution in [-0.4, -0.2) is 5.11 Å². The lowest BCUT2D eigenvalue weighted by molar-refractivity contribution is 0.427. The third kappa shape index (κ3) is 1.24. The molecule has 1 nitrogen and oxygen atoms in total. The Kier molecular flexibility index (Phi) is 1.85. The van der Waals surface area contributed by atoms with Gasteiger partial charge in [0.1, 0.15) is 0 Å². The fourth-order valence-corrected chi connectivity index (χ4v) is 1.03. The van der Waals surface area contributed by atoms with Gasteiger partial charge in [0.05, 0.1) is 0 Å². The second-order valence-corrected chi connectivity index (χ2v) is 2.61. The van der Waals surface area contributed by atoms with E-state index < -0.39 is 5.82 Å². The number of benzene rings is 1. The first-order valence-electron chi connectivity index (χ1n) is 2.79. The van der Waals surface area contributed by atoms with Gasteiger partial charge in [-0.1, -0.05) is 0 Å². The van der Waals surface area contributed by atoms with Gasteiger partial charge in [-0.2, -0.15) is 0 Å². The minimum atomic E-state index is -0.620. The summed E-state index contributed by atoms with van der Waals surface area (Å²) in [6.07, 6.45) is 0. The Morgan fingerprint density at radius 2 is 2.10 bits per heavy atom. The lowest BCUT2D eigenvalue weighted by atomic mass is 10.2. The van der Waals surface area contributed by atoms with Gasteiger partial charge in [0.25, 0.3) is 0 Å². The summed E-state index contributed by atoms with van der Waals surface area (Å²) in [5, 5.41) is 8.92. The molecular formula is C7H7FOS. The number of phenols is 1. The fraction of sp³-hybridized carbons (Fsp3) is 0.143. The molecule has 0 fully saturated rings. The highest BCUT2D eigenvalue weighted by atomic mass is 32.1. The first-order valence-corrected chi connectivity index (χ1v) is 3.24. The second kappa shape index (κ2) is 2.50. The van der Waals surface area contributed by atoms with Crippen molar-refractivity contribution in [2.24, 2.45) is 0 Å². The van der Waals surface area contributed by atoms with Crippen LogP contribution < -0.4 is 0 Å². The third-order valence-electron chi connectivity index (χ3n) is 1.24. The number of hydrogen-bond acceptors (Lipinski definition) is 2. The molecule has 1 N–H and O–H groups in total. The summed E-state index contributed by atoms with van der Waals surface area (Å²) in [5.74, 6) is -0.914. The quantitative estimate of drug-likeness (QED) is 0.554. The Hall–Kier alpha value is -0.700. The van der Waals surface area contributed by atoms with Crippen molar-refractivity contribution < 1.29 is 9.50 Å². The van der Waals surface area contributed by atoms with Crippen LogP contribution in [0.3, 0.4) is 0 Å². The minimum Gasteiger partial charge on any atom is -0.505 e. The minimum absolute atomic E-state index is 0.294. The maximum Gasteiger partial charge on any atom is 0.166 e. The second-order valence-electron chi connectivity index (χ2n) is 2.09. The first kappa shape index (κ1) is 7.41. The highest BCUT2D eigenvalue weighted by molar-refractivity contribution is 7.80. The summed E-state index contributed by atoms with van der Waals surface area (Å²) in [6, 6.07) is 2.77. The Morgan fingerprint density at radius 3 is 2.60 bits per heavy atom. The molecule has 0 atom stereocenters. The number of aromatic hydroxyl groups is 1. The average Bonchev–Trinajstić information content (AvgIpc) is 1.82. The van der Waals surface area contributed by atoms with Gasteiger partial charge in [-0.05, 0) is 24.6 Å². The third-order valence-corrected chi connectivity index (χ3v) is 1.50. The molecule has 10 heavy (non-hydrogen) atoms. The van der Waals surface area contributed by atoms with Crippen LogP contribution in [0.25, 0.3) is 0 Å². The predicted molar refractivity (Wildman–Crippen MR) is 40.1 cm³/mol. The molecule has 1 rings (SSSR count). The van der Waals surface area contributed by atoms with Crippen LogP contribution >= 0.6 is 12.6 Å². The molecule has 54 valence electrons. The van der Waals surface area contributed by atoms with Crippen molar-refractivity contribution in [3.8, 4) is 5.75 Å². The molecule has 0 saturated heterocycles. The SMILES string of the molecule is Cc1cc(S)cc(F)c1O. The van der Waals surface area contributed by atoms with Gasteiger partial charge in [-0.25, -0.2) is 4.39 Å². The van der Waals surface area contributed by atoms with Crippen LogP contribution in [-0.2, 0) is 0 Å². The molecule has 0 heterocycles. The molecular weight excluding hydrogens is 151 g/mol. The Morgan fingerprint density at radius 1 is 1.50 bits per heavy atom. The van der Waals surface area contributed by atoms with E-state index in [2.05, 4.69) is 12.6 Å². The number of phenolic OH excluding ortho intramolecular Hbond substituents is 1. The number of halogens is 1. The normalized spacial score (nSPS) is 9.90. The van der Waals surface area contributed by atoms with Crippen molar-refractivity contribution >= 4 is 12.6 Å². The van der Waals surface area contributed by atoms with Gasteiger partial charge >= 0.3 is 0 Å². The van der Waals surface area contributed by atoms with E-state index in [1.165, 1.54) is 6.07 Å². The molecule has 0 amide bonds. The summed E-state index contributed by atoms with van der Waals surface area (Å²) in [6.45, 7) is 1.62. The van der Waals surface area contributed by atoms with Gasteiger partial charge in [0, 0.05) is 4.90 Å². The maximum atomic E-state index is 12.5. The number of rotatable bonds is 0. The van der Waals surface area contributed by atoms with Gasteiger partial charge in [0.15, 0.2) is 11.6 Å². The highest BCUT2D eigenvalue weighted by Gasteiger charge is 2.03. The summed E-state index contributed by atoms with van der Waals surface area (Å²) in [5.41, 5.74) is 0.505. The van der Waals surface area contributed by atoms with Crippen LogP contribution in [0.2, 0.25) is 0 Å². The van der Waals surface area contributed by atoms with Gasteiger partial charge in [-0.3, -0.25) is 0 Å². The Labute approximate surface area is 63.9 Å². The van der Waals surface area contributed by atoms with E-state index in [4.69, 9.17) is 5.11 Å². The molecule has 0 aliphatic carbocycles. The molecule has 1 aromatic rings. The van der Waals surface area contributed by atoms with Crippen molar-refractivity contribution in [1.82, 2.24) is 0 Å².